The van der Waals surface area contributed by atoms with E-state index in [-0.39, 0.29) is 18.1 Å². The first-order valence-corrected chi connectivity index (χ1v) is 6.32. The highest BCUT2D eigenvalue weighted by Gasteiger charge is 2.09. The van der Waals surface area contributed by atoms with E-state index in [0.717, 1.165) is 6.08 Å². The van der Waals surface area contributed by atoms with Crippen LogP contribution in [0, 0.1) is 10.1 Å². The van der Waals surface area contributed by atoms with E-state index in [1.165, 1.54) is 24.3 Å². The Labute approximate surface area is 125 Å². The third-order valence-corrected chi connectivity index (χ3v) is 2.74. The van der Waals surface area contributed by atoms with E-state index in [1.807, 2.05) is 0 Å². The van der Waals surface area contributed by atoms with Gasteiger partial charge >= 0.3 is 5.97 Å². The minimum Gasteiger partial charge on any atom is -0.454 e. The van der Waals surface area contributed by atoms with Gasteiger partial charge in [0.05, 0.1) is 10.6 Å². The average molecular weight is 300 g/mol. The van der Waals surface area contributed by atoms with Crippen molar-refractivity contribution in [1.29, 1.82) is 0 Å². The zero-order valence-electron chi connectivity index (χ0n) is 11.4. The molecule has 0 radical (unpaired) electrons. The number of aromatic amines is 1. The number of carbonyl (C=O) groups excluding carboxylic acids is 2. The largest absolute Gasteiger partial charge is 0.454 e. The molecule has 2 rings (SSSR count). The third kappa shape index (κ3) is 4.14. The molecule has 1 aromatic carbocycles. The van der Waals surface area contributed by atoms with Crippen LogP contribution in [0.3, 0.4) is 0 Å². The predicted octanol–water partition coefficient (Wildman–Crippen LogP) is 2.36. The lowest BCUT2D eigenvalue weighted by atomic mass is 10.2. The van der Waals surface area contributed by atoms with Gasteiger partial charge in [0.25, 0.3) is 5.69 Å². The van der Waals surface area contributed by atoms with E-state index >= 15 is 0 Å². The quantitative estimate of drug-likeness (QED) is 0.290. The number of nitro groups is 1. The summed E-state index contributed by atoms with van der Waals surface area (Å²) in [7, 11) is 0. The number of hydrogen-bond donors (Lipinski definition) is 1. The monoisotopic (exact) mass is 300 g/mol. The second-order valence-corrected chi connectivity index (χ2v) is 4.30. The molecule has 112 valence electrons. The molecular formula is C15H12N2O5. The van der Waals surface area contributed by atoms with Crippen LogP contribution in [0.15, 0.2) is 48.7 Å². The lowest BCUT2D eigenvalue weighted by Gasteiger charge is -2.00. The summed E-state index contributed by atoms with van der Waals surface area (Å²) in [6.07, 6.45) is 4.09. The van der Waals surface area contributed by atoms with Crippen molar-refractivity contribution in [2.75, 3.05) is 6.61 Å². The van der Waals surface area contributed by atoms with Crippen LogP contribution in [0.2, 0.25) is 0 Å². The molecule has 0 atom stereocenters. The summed E-state index contributed by atoms with van der Waals surface area (Å²) in [5, 5.41) is 10.6. The normalized spacial score (nSPS) is 10.5. The fourth-order valence-electron chi connectivity index (χ4n) is 1.67. The van der Waals surface area contributed by atoms with Gasteiger partial charge in [0, 0.05) is 24.4 Å². The molecule has 1 heterocycles. The fourth-order valence-corrected chi connectivity index (χ4v) is 1.67. The van der Waals surface area contributed by atoms with E-state index < -0.39 is 10.9 Å². The smallest absolute Gasteiger partial charge is 0.331 e. The topological polar surface area (TPSA) is 102 Å². The molecule has 0 saturated heterocycles. The zero-order chi connectivity index (χ0) is 15.9. The van der Waals surface area contributed by atoms with Crippen molar-refractivity contribution in [3.63, 3.8) is 0 Å². The summed E-state index contributed by atoms with van der Waals surface area (Å²) in [4.78, 5) is 35.9. The number of nitro benzene ring substituents is 1. The summed E-state index contributed by atoms with van der Waals surface area (Å²) in [6, 6.07) is 9.05. The van der Waals surface area contributed by atoms with Crippen LogP contribution in [0.4, 0.5) is 5.69 Å². The molecule has 7 heteroatoms. The Morgan fingerprint density at radius 2 is 2.09 bits per heavy atom. The highest BCUT2D eigenvalue weighted by molar-refractivity contribution is 5.97. The molecule has 2 aromatic rings. The highest BCUT2D eigenvalue weighted by Crippen LogP contribution is 2.14. The molecule has 7 nitrogen and oxygen atoms in total. The van der Waals surface area contributed by atoms with Gasteiger partial charge in [0.15, 0.2) is 6.61 Å². The second-order valence-electron chi connectivity index (χ2n) is 4.30. The van der Waals surface area contributed by atoms with Gasteiger partial charge in [-0.2, -0.15) is 0 Å². The molecule has 0 unspecified atom stereocenters. The summed E-state index contributed by atoms with van der Waals surface area (Å²) in [5.41, 5.74) is 0.773. The minimum atomic E-state index is -0.702. The Morgan fingerprint density at radius 3 is 2.77 bits per heavy atom. The lowest BCUT2D eigenvalue weighted by Crippen LogP contribution is -2.12. The van der Waals surface area contributed by atoms with Crippen molar-refractivity contribution in [3.8, 4) is 0 Å². The number of ketones is 1. The first-order chi connectivity index (χ1) is 10.6. The molecule has 1 aromatic heterocycles. The second kappa shape index (κ2) is 6.98. The lowest BCUT2D eigenvalue weighted by molar-refractivity contribution is -0.384. The van der Waals surface area contributed by atoms with Gasteiger partial charge in [-0.25, -0.2) is 4.79 Å². The number of non-ortho nitro benzene ring substituents is 1. The Hall–Kier alpha value is -3.22. The predicted molar refractivity (Wildman–Crippen MR) is 78.2 cm³/mol. The standard InChI is InChI=1S/C15H12N2O5/c18-14(13-5-2-8-16-13)10-22-15(19)7-6-11-3-1-4-12(9-11)17(20)21/h1-9,16H,10H2. The van der Waals surface area contributed by atoms with Gasteiger partial charge in [-0.3, -0.25) is 14.9 Å². The SMILES string of the molecule is O=C(C=Cc1cccc([N+](=O)[O-])c1)OCC(=O)c1ccc[nH]1. The van der Waals surface area contributed by atoms with E-state index in [1.54, 1.807) is 24.4 Å². The van der Waals surface area contributed by atoms with Gasteiger partial charge in [0.1, 0.15) is 0 Å². The summed E-state index contributed by atoms with van der Waals surface area (Å²) >= 11 is 0. The highest BCUT2D eigenvalue weighted by atomic mass is 16.6. The number of nitrogens with zero attached hydrogens (tertiary/aromatic N) is 1. The Balaban J connectivity index is 1.90. The van der Waals surface area contributed by atoms with E-state index in [9.17, 15) is 19.7 Å². The van der Waals surface area contributed by atoms with Crippen LogP contribution in [0.25, 0.3) is 6.08 Å². The van der Waals surface area contributed by atoms with Gasteiger partial charge in [-0.05, 0) is 23.8 Å². The Bertz CT molecular complexity index is 719. The third-order valence-electron chi connectivity index (χ3n) is 2.74. The first-order valence-electron chi connectivity index (χ1n) is 6.32. The summed E-state index contributed by atoms with van der Waals surface area (Å²) in [6.45, 7) is -0.376. The van der Waals surface area contributed by atoms with Crippen LogP contribution in [-0.2, 0) is 9.53 Å². The van der Waals surface area contributed by atoms with Gasteiger partial charge in [-0.15, -0.1) is 0 Å². The number of ether oxygens (including phenoxy) is 1. The fraction of sp³-hybridized carbons (Fsp3) is 0.0667. The number of esters is 1. The van der Waals surface area contributed by atoms with Crippen molar-refractivity contribution in [1.82, 2.24) is 4.98 Å². The molecule has 0 aliphatic heterocycles. The number of H-pyrrole nitrogens is 1. The molecule has 1 N–H and O–H groups in total. The zero-order valence-corrected chi connectivity index (χ0v) is 11.4. The van der Waals surface area contributed by atoms with E-state index in [2.05, 4.69) is 4.98 Å². The van der Waals surface area contributed by atoms with Crippen LogP contribution in [0.1, 0.15) is 16.1 Å². The van der Waals surface area contributed by atoms with Gasteiger partial charge in [0.2, 0.25) is 5.78 Å². The van der Waals surface area contributed by atoms with Gasteiger partial charge < -0.3 is 9.72 Å². The molecule has 0 spiro atoms. The molecule has 0 saturated carbocycles. The van der Waals surface area contributed by atoms with Crippen LogP contribution >= 0.6 is 0 Å². The average Bonchev–Trinajstić information content (AvgIpc) is 3.05. The maximum Gasteiger partial charge on any atom is 0.331 e. The van der Waals surface area contributed by atoms with Crippen molar-refractivity contribution >= 4 is 23.5 Å². The molecule has 0 aliphatic carbocycles. The van der Waals surface area contributed by atoms with Crippen LogP contribution in [0.5, 0.6) is 0 Å². The van der Waals surface area contributed by atoms with Crippen molar-refractivity contribution in [2.24, 2.45) is 0 Å². The number of carbonyl (C=O) groups is 2. The summed E-state index contributed by atoms with van der Waals surface area (Å²) < 4.78 is 4.80. The molecule has 0 amide bonds. The Morgan fingerprint density at radius 1 is 1.27 bits per heavy atom. The summed E-state index contributed by atoms with van der Waals surface area (Å²) in [5.74, 6) is -1.05. The number of nitrogens with one attached hydrogen (secondary N) is 1. The number of rotatable bonds is 6. The maximum absolute atomic E-state index is 11.6. The van der Waals surface area contributed by atoms with E-state index in [0.29, 0.717) is 11.3 Å². The van der Waals surface area contributed by atoms with E-state index in [4.69, 9.17) is 4.74 Å². The first kappa shape index (κ1) is 15.2. The molecular weight excluding hydrogens is 288 g/mol. The molecule has 0 fully saturated rings. The number of aromatic nitrogens is 1. The van der Waals surface area contributed by atoms with Crippen LogP contribution < -0.4 is 0 Å². The molecule has 22 heavy (non-hydrogen) atoms. The number of benzene rings is 1. The molecule has 0 bridgehead atoms. The van der Waals surface area contributed by atoms with Gasteiger partial charge in [-0.1, -0.05) is 12.1 Å². The van der Waals surface area contributed by atoms with Crippen LogP contribution in [-0.4, -0.2) is 28.3 Å². The van der Waals surface area contributed by atoms with Crippen molar-refractivity contribution in [2.45, 2.75) is 0 Å². The number of Topliss-reactive ketones (excluding diaryl/α,β-unsaturated/α-hetero) is 1. The maximum atomic E-state index is 11.6. The number of hydrogen-bond acceptors (Lipinski definition) is 5. The van der Waals surface area contributed by atoms with Crippen molar-refractivity contribution in [3.05, 3.63) is 70.0 Å². The molecule has 0 aliphatic rings. The minimum absolute atomic E-state index is 0.0718. The Kier molecular flexibility index (Phi) is 4.81. The van der Waals surface area contributed by atoms with Crippen molar-refractivity contribution < 1.29 is 19.2 Å².